The molecular weight excluding hydrogens is 262 g/mol. The molecule has 0 aliphatic heterocycles. The molecule has 0 saturated heterocycles. The number of hydrogen-bond donors (Lipinski definition) is 2. The normalized spacial score (nSPS) is 16.0. The molecule has 2 aromatic heterocycles. The lowest BCUT2D eigenvalue weighted by Gasteiger charge is -2.11. The van der Waals surface area contributed by atoms with Gasteiger partial charge in [-0.25, -0.2) is 4.98 Å². The minimum absolute atomic E-state index is 0.0652. The third kappa shape index (κ3) is 2.68. The maximum Gasteiger partial charge on any atom is 0.268 e. The van der Waals surface area contributed by atoms with Crippen LogP contribution >= 0.6 is 11.3 Å². The van der Waals surface area contributed by atoms with Crippen LogP contribution in [-0.2, 0) is 11.2 Å². The lowest BCUT2D eigenvalue weighted by atomic mass is 10.2. The fourth-order valence-corrected chi connectivity index (χ4v) is 3.23. The molecule has 1 aliphatic carbocycles. The molecule has 0 aromatic carbocycles. The first kappa shape index (κ1) is 12.3. The monoisotopic (exact) mass is 277 g/mol. The minimum Gasteiger partial charge on any atom is -0.353 e. The Bertz CT molecular complexity index is 655. The van der Waals surface area contributed by atoms with Crippen molar-refractivity contribution < 1.29 is 4.79 Å². The molecule has 5 nitrogen and oxygen atoms in total. The molecule has 1 aliphatic rings. The van der Waals surface area contributed by atoms with Crippen molar-refractivity contribution in [3.8, 4) is 0 Å². The molecule has 2 heterocycles. The molecule has 0 radical (unpaired) electrons. The number of carbonyl (C=O) groups excluding carboxylic acids is 1. The lowest BCUT2D eigenvalue weighted by molar-refractivity contribution is -0.121. The van der Waals surface area contributed by atoms with Crippen LogP contribution in [0.3, 0.4) is 0 Å². The van der Waals surface area contributed by atoms with Gasteiger partial charge in [-0.05, 0) is 24.3 Å². The Morgan fingerprint density at radius 1 is 1.47 bits per heavy atom. The van der Waals surface area contributed by atoms with Crippen LogP contribution in [0.1, 0.15) is 31.5 Å². The van der Waals surface area contributed by atoms with Gasteiger partial charge in [-0.2, -0.15) is 0 Å². The number of nitrogens with zero attached hydrogens (tertiary/aromatic N) is 1. The Hall–Kier alpha value is -1.69. The zero-order valence-corrected chi connectivity index (χ0v) is 11.3. The maximum absolute atomic E-state index is 11.9. The van der Waals surface area contributed by atoms with Gasteiger partial charge < -0.3 is 10.3 Å². The number of thiophene rings is 1. The molecule has 6 heteroatoms. The van der Waals surface area contributed by atoms with Crippen molar-refractivity contribution in [2.24, 2.45) is 0 Å². The van der Waals surface area contributed by atoms with Gasteiger partial charge in [-0.1, -0.05) is 12.8 Å². The molecule has 1 amide bonds. The fraction of sp³-hybridized carbons (Fsp3) is 0.462. The van der Waals surface area contributed by atoms with E-state index >= 15 is 0 Å². The first-order chi connectivity index (χ1) is 9.22. The summed E-state index contributed by atoms with van der Waals surface area (Å²) in [5.41, 5.74) is 0.501. The van der Waals surface area contributed by atoms with Gasteiger partial charge in [0.1, 0.15) is 10.5 Å². The van der Waals surface area contributed by atoms with Crippen molar-refractivity contribution in [2.75, 3.05) is 0 Å². The summed E-state index contributed by atoms with van der Waals surface area (Å²) >= 11 is 1.36. The van der Waals surface area contributed by atoms with E-state index in [0.717, 1.165) is 12.8 Å². The van der Waals surface area contributed by atoms with E-state index in [1.165, 1.54) is 24.2 Å². The van der Waals surface area contributed by atoms with E-state index in [1.807, 2.05) is 5.38 Å². The van der Waals surface area contributed by atoms with Crippen molar-refractivity contribution in [2.45, 2.75) is 38.1 Å². The molecule has 100 valence electrons. The Labute approximate surface area is 114 Å². The van der Waals surface area contributed by atoms with Crippen molar-refractivity contribution in [3.05, 3.63) is 27.6 Å². The number of rotatable bonds is 3. The molecule has 0 unspecified atom stereocenters. The molecule has 0 bridgehead atoms. The van der Waals surface area contributed by atoms with Crippen molar-refractivity contribution in [3.63, 3.8) is 0 Å². The summed E-state index contributed by atoms with van der Waals surface area (Å²) in [6.45, 7) is 0. The van der Waals surface area contributed by atoms with Gasteiger partial charge in [0.15, 0.2) is 0 Å². The fourth-order valence-electron chi connectivity index (χ4n) is 2.51. The van der Waals surface area contributed by atoms with Crippen molar-refractivity contribution in [1.29, 1.82) is 0 Å². The molecule has 2 N–H and O–H groups in total. The van der Waals surface area contributed by atoms with Crippen LogP contribution < -0.4 is 10.9 Å². The predicted molar refractivity (Wildman–Crippen MR) is 74.3 cm³/mol. The predicted octanol–water partition coefficient (Wildman–Crippen LogP) is 1.59. The van der Waals surface area contributed by atoms with Crippen LogP contribution in [0.15, 0.2) is 16.2 Å². The minimum atomic E-state index is -0.163. The summed E-state index contributed by atoms with van der Waals surface area (Å²) in [5.74, 6) is 0.371. The summed E-state index contributed by atoms with van der Waals surface area (Å²) in [6, 6.07) is 2.09. The number of aromatic amines is 1. The second-order valence-electron chi connectivity index (χ2n) is 4.87. The van der Waals surface area contributed by atoms with E-state index in [2.05, 4.69) is 15.3 Å². The van der Waals surface area contributed by atoms with Crippen LogP contribution in [0, 0.1) is 0 Å². The van der Waals surface area contributed by atoms with Crippen LogP contribution in [0.2, 0.25) is 0 Å². The molecule has 19 heavy (non-hydrogen) atoms. The second-order valence-corrected chi connectivity index (χ2v) is 5.79. The maximum atomic E-state index is 11.9. The molecule has 0 spiro atoms. The van der Waals surface area contributed by atoms with Crippen molar-refractivity contribution in [1.82, 2.24) is 15.3 Å². The summed E-state index contributed by atoms with van der Waals surface area (Å²) in [5, 5.41) is 4.82. The van der Waals surface area contributed by atoms with Gasteiger partial charge in [0.05, 0.1) is 11.9 Å². The van der Waals surface area contributed by atoms with E-state index in [-0.39, 0.29) is 17.9 Å². The number of fused-ring (bicyclic) bond motifs is 1. The van der Waals surface area contributed by atoms with Crippen LogP contribution in [0.4, 0.5) is 0 Å². The van der Waals surface area contributed by atoms with Crippen LogP contribution in [-0.4, -0.2) is 21.9 Å². The highest BCUT2D eigenvalue weighted by Crippen LogP contribution is 2.18. The average molecular weight is 277 g/mol. The van der Waals surface area contributed by atoms with Gasteiger partial charge >= 0.3 is 0 Å². The summed E-state index contributed by atoms with van der Waals surface area (Å²) < 4.78 is 0.611. The third-order valence-corrected chi connectivity index (χ3v) is 4.31. The Morgan fingerprint density at radius 3 is 3.05 bits per heavy atom. The van der Waals surface area contributed by atoms with E-state index in [4.69, 9.17) is 0 Å². The van der Waals surface area contributed by atoms with Gasteiger partial charge in [-0.3, -0.25) is 9.59 Å². The number of carbonyl (C=O) groups is 1. The summed E-state index contributed by atoms with van der Waals surface area (Å²) in [6.07, 6.45) is 4.61. The summed E-state index contributed by atoms with van der Waals surface area (Å²) in [4.78, 5) is 30.6. The third-order valence-electron chi connectivity index (χ3n) is 3.41. The molecule has 1 saturated carbocycles. The Balaban J connectivity index is 1.73. The van der Waals surface area contributed by atoms with Gasteiger partial charge in [0, 0.05) is 6.04 Å². The molecule has 0 atom stereocenters. The van der Waals surface area contributed by atoms with Crippen LogP contribution in [0.25, 0.3) is 10.2 Å². The Kier molecular flexibility index (Phi) is 3.33. The van der Waals surface area contributed by atoms with E-state index < -0.39 is 0 Å². The zero-order valence-electron chi connectivity index (χ0n) is 10.4. The van der Waals surface area contributed by atoms with Gasteiger partial charge in [0.2, 0.25) is 5.91 Å². The highest BCUT2D eigenvalue weighted by molar-refractivity contribution is 7.17. The van der Waals surface area contributed by atoms with Crippen LogP contribution in [0.5, 0.6) is 0 Å². The highest BCUT2D eigenvalue weighted by Gasteiger charge is 2.18. The number of H-pyrrole nitrogens is 1. The SMILES string of the molecule is O=C(Cc1nc2ccsc2c(=O)[nH]1)NC1CCCC1. The van der Waals surface area contributed by atoms with E-state index in [1.54, 1.807) is 6.07 Å². The number of nitrogens with one attached hydrogen (secondary N) is 2. The van der Waals surface area contributed by atoms with Gasteiger partial charge in [-0.15, -0.1) is 11.3 Å². The second kappa shape index (κ2) is 5.13. The highest BCUT2D eigenvalue weighted by atomic mass is 32.1. The lowest BCUT2D eigenvalue weighted by Crippen LogP contribution is -2.34. The standard InChI is InChI=1S/C13H15N3O2S/c17-11(14-8-3-1-2-4-8)7-10-15-9-5-6-19-12(9)13(18)16-10/h5-6,8H,1-4,7H2,(H,14,17)(H,15,16,18). The quantitative estimate of drug-likeness (QED) is 0.894. The van der Waals surface area contributed by atoms with E-state index in [9.17, 15) is 9.59 Å². The number of aromatic nitrogens is 2. The molecule has 1 fully saturated rings. The van der Waals surface area contributed by atoms with Crippen molar-refractivity contribution >= 4 is 27.5 Å². The number of amides is 1. The first-order valence-electron chi connectivity index (χ1n) is 6.48. The zero-order chi connectivity index (χ0) is 13.2. The van der Waals surface area contributed by atoms with Gasteiger partial charge in [0.25, 0.3) is 5.56 Å². The first-order valence-corrected chi connectivity index (χ1v) is 7.36. The number of hydrogen-bond acceptors (Lipinski definition) is 4. The average Bonchev–Trinajstić information content (AvgIpc) is 2.99. The Morgan fingerprint density at radius 2 is 2.26 bits per heavy atom. The summed E-state index contributed by atoms with van der Waals surface area (Å²) in [7, 11) is 0. The van der Waals surface area contributed by atoms with E-state index in [0.29, 0.717) is 22.1 Å². The molecular formula is C13H15N3O2S. The molecule has 3 rings (SSSR count). The molecule has 2 aromatic rings. The smallest absolute Gasteiger partial charge is 0.268 e. The largest absolute Gasteiger partial charge is 0.353 e. The topological polar surface area (TPSA) is 74.8 Å².